The van der Waals surface area contributed by atoms with Crippen LogP contribution in [0.25, 0.3) is 0 Å². The third kappa shape index (κ3) is 5.21. The van der Waals surface area contributed by atoms with E-state index in [0.717, 1.165) is 5.56 Å². The summed E-state index contributed by atoms with van der Waals surface area (Å²) >= 11 is 0. The van der Waals surface area contributed by atoms with Crippen LogP contribution in [0.5, 0.6) is 5.75 Å². The van der Waals surface area contributed by atoms with Gasteiger partial charge in [0.05, 0.1) is 25.4 Å². The maximum absolute atomic E-state index is 12.4. The molecule has 0 saturated carbocycles. The Morgan fingerprint density at radius 3 is 2.67 bits per heavy atom. The third-order valence-corrected chi connectivity index (χ3v) is 4.45. The number of amides is 2. The molecule has 0 saturated heterocycles. The molecule has 0 bridgehead atoms. The van der Waals surface area contributed by atoms with Gasteiger partial charge in [-0.1, -0.05) is 30.3 Å². The first kappa shape index (κ1) is 20.7. The van der Waals surface area contributed by atoms with Crippen LogP contribution in [0.15, 0.2) is 42.5 Å². The summed E-state index contributed by atoms with van der Waals surface area (Å²) in [6, 6.07) is 13.3. The molecule has 3 rings (SSSR count). The molecule has 0 spiro atoms. The second-order valence-corrected chi connectivity index (χ2v) is 6.38. The van der Waals surface area contributed by atoms with Crippen molar-refractivity contribution in [1.82, 2.24) is 10.6 Å². The molecule has 6 nitrogen and oxygen atoms in total. The molecule has 1 aliphatic rings. The molecular formula is C20H24ClN3O3. The van der Waals surface area contributed by atoms with Crippen LogP contribution in [-0.4, -0.2) is 31.5 Å². The summed E-state index contributed by atoms with van der Waals surface area (Å²) in [5, 5.41) is 8.69. The van der Waals surface area contributed by atoms with Crippen molar-refractivity contribution in [2.45, 2.75) is 25.9 Å². The van der Waals surface area contributed by atoms with E-state index in [4.69, 9.17) is 4.74 Å². The van der Waals surface area contributed by atoms with E-state index in [1.54, 1.807) is 13.2 Å². The highest BCUT2D eigenvalue weighted by Gasteiger charge is 2.24. The Labute approximate surface area is 165 Å². The summed E-state index contributed by atoms with van der Waals surface area (Å²) in [6.45, 7) is 2.50. The number of benzene rings is 2. The zero-order chi connectivity index (χ0) is 18.5. The molecule has 2 aromatic rings. The minimum Gasteiger partial charge on any atom is -0.495 e. The molecule has 0 unspecified atom stereocenters. The molecule has 0 radical (unpaired) electrons. The first-order valence-electron chi connectivity index (χ1n) is 8.59. The van der Waals surface area contributed by atoms with Gasteiger partial charge in [0, 0.05) is 6.54 Å². The molecular weight excluding hydrogens is 366 g/mol. The molecule has 0 fully saturated rings. The predicted molar refractivity (Wildman–Crippen MR) is 107 cm³/mol. The van der Waals surface area contributed by atoms with Gasteiger partial charge in [-0.05, 0) is 42.2 Å². The molecule has 1 heterocycles. The van der Waals surface area contributed by atoms with Crippen LogP contribution in [0.1, 0.15) is 16.7 Å². The van der Waals surface area contributed by atoms with Crippen molar-refractivity contribution in [1.29, 1.82) is 0 Å². The van der Waals surface area contributed by atoms with Crippen molar-refractivity contribution in [2.75, 3.05) is 19.0 Å². The number of halogens is 1. The van der Waals surface area contributed by atoms with Gasteiger partial charge in [-0.3, -0.25) is 9.59 Å². The Morgan fingerprint density at radius 2 is 1.93 bits per heavy atom. The van der Waals surface area contributed by atoms with Gasteiger partial charge in [-0.2, -0.15) is 0 Å². The lowest BCUT2D eigenvalue weighted by Gasteiger charge is -2.25. The van der Waals surface area contributed by atoms with Crippen LogP contribution in [-0.2, 0) is 22.6 Å². The van der Waals surface area contributed by atoms with Gasteiger partial charge in [0.15, 0.2) is 0 Å². The standard InChI is InChI=1S/C20H23N3O3.ClH/c1-13-7-8-18(26-2)16(9-13)23-19(24)12-22-20(25)17-10-14-5-3-4-6-15(14)11-21-17;/h3-9,17,21H,10-12H2,1-2H3,(H,22,25)(H,23,24);1H/t17-;/m0./s1. The van der Waals surface area contributed by atoms with Crippen LogP contribution in [0.3, 0.4) is 0 Å². The average molecular weight is 390 g/mol. The fourth-order valence-corrected chi connectivity index (χ4v) is 3.04. The second-order valence-electron chi connectivity index (χ2n) is 6.38. The number of fused-ring (bicyclic) bond motifs is 1. The lowest BCUT2D eigenvalue weighted by molar-refractivity contribution is -0.125. The van der Waals surface area contributed by atoms with Gasteiger partial charge < -0.3 is 20.7 Å². The maximum Gasteiger partial charge on any atom is 0.243 e. The molecule has 2 amide bonds. The number of hydrogen-bond donors (Lipinski definition) is 3. The normalized spacial score (nSPS) is 15.1. The molecule has 3 N–H and O–H groups in total. The smallest absolute Gasteiger partial charge is 0.243 e. The number of carbonyl (C=O) groups excluding carboxylic acids is 2. The zero-order valence-corrected chi connectivity index (χ0v) is 16.2. The van der Waals surface area contributed by atoms with E-state index >= 15 is 0 Å². The Hall–Kier alpha value is -2.57. The summed E-state index contributed by atoms with van der Waals surface area (Å²) < 4.78 is 5.24. The van der Waals surface area contributed by atoms with Gasteiger partial charge in [0.1, 0.15) is 5.75 Å². The number of hydrogen-bond acceptors (Lipinski definition) is 4. The van der Waals surface area contributed by atoms with Gasteiger partial charge >= 0.3 is 0 Å². The molecule has 7 heteroatoms. The largest absolute Gasteiger partial charge is 0.495 e. The van der Waals surface area contributed by atoms with E-state index in [0.29, 0.717) is 24.4 Å². The molecule has 2 aromatic carbocycles. The van der Waals surface area contributed by atoms with Crippen molar-refractivity contribution in [3.8, 4) is 5.75 Å². The van der Waals surface area contributed by atoms with Crippen LogP contribution in [0.2, 0.25) is 0 Å². The van der Waals surface area contributed by atoms with Crippen LogP contribution < -0.4 is 20.7 Å². The fraction of sp³-hybridized carbons (Fsp3) is 0.300. The van der Waals surface area contributed by atoms with E-state index in [9.17, 15) is 9.59 Å². The number of aryl methyl sites for hydroxylation is 1. The quantitative estimate of drug-likeness (QED) is 0.732. The highest BCUT2D eigenvalue weighted by atomic mass is 35.5. The fourth-order valence-electron chi connectivity index (χ4n) is 3.04. The number of nitrogens with one attached hydrogen (secondary N) is 3. The van der Waals surface area contributed by atoms with E-state index in [1.807, 2.05) is 37.3 Å². The SMILES string of the molecule is COc1ccc(C)cc1NC(=O)CNC(=O)[C@@H]1Cc2ccccc2CN1.Cl. The number of ether oxygens (including phenoxy) is 1. The Balaban J connectivity index is 0.00000261. The highest BCUT2D eigenvalue weighted by molar-refractivity contribution is 5.96. The number of rotatable bonds is 5. The minimum atomic E-state index is -0.328. The van der Waals surface area contributed by atoms with Crippen molar-refractivity contribution in [2.24, 2.45) is 0 Å². The molecule has 27 heavy (non-hydrogen) atoms. The first-order valence-corrected chi connectivity index (χ1v) is 8.59. The van der Waals surface area contributed by atoms with Crippen LogP contribution >= 0.6 is 12.4 Å². The van der Waals surface area contributed by atoms with Gasteiger partial charge in [-0.25, -0.2) is 0 Å². The molecule has 144 valence electrons. The molecule has 0 aromatic heterocycles. The maximum atomic E-state index is 12.4. The van der Waals surface area contributed by atoms with E-state index in [1.165, 1.54) is 11.1 Å². The van der Waals surface area contributed by atoms with Crippen molar-refractivity contribution < 1.29 is 14.3 Å². The van der Waals surface area contributed by atoms with Crippen molar-refractivity contribution >= 4 is 29.9 Å². The molecule has 0 aliphatic carbocycles. The Bertz CT molecular complexity index is 826. The van der Waals surface area contributed by atoms with Crippen LogP contribution in [0, 0.1) is 6.92 Å². The summed E-state index contributed by atoms with van der Waals surface area (Å²) in [6.07, 6.45) is 0.620. The van der Waals surface area contributed by atoms with Crippen LogP contribution in [0.4, 0.5) is 5.69 Å². The van der Waals surface area contributed by atoms with E-state index in [2.05, 4.69) is 22.0 Å². The Kier molecular flexibility index (Phi) is 7.21. The predicted octanol–water partition coefficient (Wildman–Crippen LogP) is 2.19. The number of methoxy groups -OCH3 is 1. The van der Waals surface area contributed by atoms with Gasteiger partial charge in [0.2, 0.25) is 11.8 Å². The summed E-state index contributed by atoms with van der Waals surface area (Å²) in [5.41, 5.74) is 3.98. The second kappa shape index (κ2) is 9.39. The van der Waals surface area contributed by atoms with E-state index < -0.39 is 0 Å². The summed E-state index contributed by atoms with van der Waals surface area (Å²) in [7, 11) is 1.55. The number of anilines is 1. The van der Waals surface area contributed by atoms with Crippen molar-refractivity contribution in [3.63, 3.8) is 0 Å². The minimum absolute atomic E-state index is 0. The van der Waals surface area contributed by atoms with E-state index in [-0.39, 0.29) is 36.8 Å². The number of carbonyl (C=O) groups is 2. The monoisotopic (exact) mass is 389 g/mol. The summed E-state index contributed by atoms with van der Waals surface area (Å²) in [5.74, 6) is 0.116. The van der Waals surface area contributed by atoms with Gasteiger partial charge in [0.25, 0.3) is 0 Å². The average Bonchev–Trinajstić information content (AvgIpc) is 2.66. The lowest BCUT2D eigenvalue weighted by atomic mass is 9.95. The Morgan fingerprint density at radius 1 is 1.19 bits per heavy atom. The molecule has 1 aliphatic heterocycles. The zero-order valence-electron chi connectivity index (χ0n) is 15.4. The highest BCUT2D eigenvalue weighted by Crippen LogP contribution is 2.25. The topological polar surface area (TPSA) is 79.5 Å². The lowest BCUT2D eigenvalue weighted by Crippen LogP contribution is -2.49. The third-order valence-electron chi connectivity index (χ3n) is 4.45. The first-order chi connectivity index (χ1) is 12.6. The van der Waals surface area contributed by atoms with Crippen molar-refractivity contribution in [3.05, 3.63) is 59.2 Å². The van der Waals surface area contributed by atoms with Gasteiger partial charge in [-0.15, -0.1) is 12.4 Å². The summed E-state index contributed by atoms with van der Waals surface area (Å²) in [4.78, 5) is 24.5. The molecule has 1 atom stereocenters.